The van der Waals surface area contributed by atoms with E-state index in [1.54, 1.807) is 18.2 Å². The Hall–Kier alpha value is -0.780. The summed E-state index contributed by atoms with van der Waals surface area (Å²) in [4.78, 5) is 2.19. The van der Waals surface area contributed by atoms with Gasteiger partial charge < -0.3 is 0 Å². The summed E-state index contributed by atoms with van der Waals surface area (Å²) in [5, 5.41) is 4.58. The lowest BCUT2D eigenvalue weighted by molar-refractivity contribution is 0.573. The summed E-state index contributed by atoms with van der Waals surface area (Å²) in [6, 6.07) is 5.05. The summed E-state index contributed by atoms with van der Waals surface area (Å²) in [7, 11) is -3.40. The Balaban J connectivity index is 2.40. The number of unbranched alkanes of at least 4 members (excludes halogenated alkanes) is 5. The van der Waals surface area contributed by atoms with Crippen molar-refractivity contribution in [3.05, 3.63) is 33.8 Å². The lowest BCUT2D eigenvalue weighted by Crippen LogP contribution is -2.21. The van der Waals surface area contributed by atoms with E-state index in [-0.39, 0.29) is 5.75 Å². The molecule has 0 aromatic heterocycles. The zero-order valence-electron chi connectivity index (χ0n) is 12.7. The number of benzene rings is 1. The van der Waals surface area contributed by atoms with Crippen LogP contribution in [0.5, 0.6) is 0 Å². The lowest BCUT2D eigenvalue weighted by atomic mass is 10.1. The second-order valence-electron chi connectivity index (χ2n) is 5.07. The maximum absolute atomic E-state index is 11.8. The van der Waals surface area contributed by atoms with Gasteiger partial charge in [0.1, 0.15) is 0 Å². The molecule has 0 amide bonds. The van der Waals surface area contributed by atoms with Crippen LogP contribution in [0.1, 0.15) is 51.0 Å². The van der Waals surface area contributed by atoms with E-state index in [1.165, 1.54) is 19.1 Å². The van der Waals surface area contributed by atoms with E-state index in [0.717, 1.165) is 19.3 Å². The molecular formula is C15H22Cl2N2O2S. The first kappa shape index (κ1) is 19.3. The Morgan fingerprint density at radius 1 is 1.09 bits per heavy atom. The summed E-state index contributed by atoms with van der Waals surface area (Å²) in [5.41, 5.74) is 0.494. The van der Waals surface area contributed by atoms with Crippen LogP contribution in [0.2, 0.25) is 10.0 Å². The van der Waals surface area contributed by atoms with Crippen molar-refractivity contribution in [2.75, 3.05) is 5.75 Å². The molecule has 1 aromatic rings. The van der Waals surface area contributed by atoms with Gasteiger partial charge >= 0.3 is 0 Å². The van der Waals surface area contributed by atoms with Crippen molar-refractivity contribution in [2.45, 2.75) is 45.4 Å². The van der Waals surface area contributed by atoms with Crippen molar-refractivity contribution in [1.82, 2.24) is 4.83 Å². The number of rotatable bonds is 10. The highest BCUT2D eigenvalue weighted by Crippen LogP contribution is 2.22. The third kappa shape index (κ3) is 7.47. The van der Waals surface area contributed by atoms with Crippen molar-refractivity contribution in [1.29, 1.82) is 0 Å². The van der Waals surface area contributed by atoms with E-state index in [0.29, 0.717) is 22.0 Å². The van der Waals surface area contributed by atoms with Crippen molar-refractivity contribution < 1.29 is 8.42 Å². The minimum absolute atomic E-state index is 0.0761. The zero-order chi connectivity index (χ0) is 16.4. The van der Waals surface area contributed by atoms with Crippen LogP contribution in [0.25, 0.3) is 0 Å². The summed E-state index contributed by atoms with van der Waals surface area (Å²) < 4.78 is 23.6. The van der Waals surface area contributed by atoms with E-state index >= 15 is 0 Å². The number of hydrogen-bond acceptors (Lipinski definition) is 3. The molecular weight excluding hydrogens is 343 g/mol. The second-order valence-corrected chi connectivity index (χ2v) is 7.71. The highest BCUT2D eigenvalue weighted by molar-refractivity contribution is 7.89. The number of nitrogens with zero attached hydrogens (tertiary/aromatic N) is 1. The Bertz CT molecular complexity index is 569. The molecule has 0 unspecified atom stereocenters. The Kier molecular flexibility index (Phi) is 8.83. The molecule has 0 bridgehead atoms. The van der Waals surface area contributed by atoms with Crippen LogP contribution in [0.15, 0.2) is 23.3 Å². The van der Waals surface area contributed by atoms with Crippen molar-refractivity contribution >= 4 is 39.4 Å². The van der Waals surface area contributed by atoms with Crippen LogP contribution in [0.3, 0.4) is 0 Å². The predicted octanol–water partition coefficient (Wildman–Crippen LogP) is 4.61. The van der Waals surface area contributed by atoms with Crippen molar-refractivity contribution in [3.8, 4) is 0 Å². The molecule has 0 aliphatic carbocycles. The van der Waals surface area contributed by atoms with Gasteiger partial charge in [0, 0.05) is 5.56 Å². The van der Waals surface area contributed by atoms with Gasteiger partial charge in [-0.15, -0.1) is 0 Å². The highest BCUT2D eigenvalue weighted by atomic mass is 35.5. The highest BCUT2D eigenvalue weighted by Gasteiger charge is 2.08. The minimum Gasteiger partial charge on any atom is -0.205 e. The minimum atomic E-state index is -3.40. The molecule has 7 heteroatoms. The molecule has 0 atom stereocenters. The second kappa shape index (κ2) is 10.1. The molecule has 0 spiro atoms. The van der Waals surface area contributed by atoms with Gasteiger partial charge in [0.2, 0.25) is 10.0 Å². The summed E-state index contributed by atoms with van der Waals surface area (Å²) in [6.07, 6.45) is 7.49. The quantitative estimate of drug-likeness (QED) is 0.374. The van der Waals surface area contributed by atoms with E-state index in [9.17, 15) is 8.42 Å². The van der Waals surface area contributed by atoms with Gasteiger partial charge in [-0.1, -0.05) is 68.3 Å². The van der Waals surface area contributed by atoms with Gasteiger partial charge in [0.15, 0.2) is 0 Å². The Morgan fingerprint density at radius 3 is 2.32 bits per heavy atom. The lowest BCUT2D eigenvalue weighted by Gasteiger charge is -2.04. The smallest absolute Gasteiger partial charge is 0.205 e. The number of sulfonamides is 1. The summed E-state index contributed by atoms with van der Waals surface area (Å²) >= 11 is 11.9. The maximum atomic E-state index is 11.8. The standard InChI is InChI=1S/C15H22Cl2N2O2S/c1-2-3-4-5-6-7-11-22(20,21)19-18-12-13-14(16)9-8-10-15(13)17/h8-10,12,19H,2-7,11H2,1H3/b18-12+. The number of halogens is 2. The molecule has 22 heavy (non-hydrogen) atoms. The van der Waals surface area contributed by atoms with Crippen molar-refractivity contribution in [2.24, 2.45) is 5.10 Å². The van der Waals surface area contributed by atoms with Gasteiger partial charge in [-0.05, 0) is 18.6 Å². The fraction of sp³-hybridized carbons (Fsp3) is 0.533. The molecule has 0 saturated carbocycles. The molecule has 0 aliphatic heterocycles. The Labute approximate surface area is 142 Å². The molecule has 0 radical (unpaired) electrons. The molecule has 0 saturated heterocycles. The van der Waals surface area contributed by atoms with Crippen molar-refractivity contribution in [3.63, 3.8) is 0 Å². The first-order valence-corrected chi connectivity index (χ1v) is 9.83. The van der Waals surface area contributed by atoms with Crippen LogP contribution in [-0.2, 0) is 10.0 Å². The first-order valence-electron chi connectivity index (χ1n) is 7.43. The van der Waals surface area contributed by atoms with E-state index in [4.69, 9.17) is 23.2 Å². The summed E-state index contributed by atoms with van der Waals surface area (Å²) in [5.74, 6) is 0.0761. The third-order valence-electron chi connectivity index (χ3n) is 3.15. The summed E-state index contributed by atoms with van der Waals surface area (Å²) in [6.45, 7) is 2.15. The maximum Gasteiger partial charge on any atom is 0.247 e. The molecule has 0 fully saturated rings. The topological polar surface area (TPSA) is 58.5 Å². The fourth-order valence-electron chi connectivity index (χ4n) is 1.92. The van der Waals surface area contributed by atoms with Crippen LogP contribution < -0.4 is 4.83 Å². The average molecular weight is 365 g/mol. The number of hydrazone groups is 1. The molecule has 0 heterocycles. The van der Waals surface area contributed by atoms with E-state index < -0.39 is 10.0 Å². The van der Waals surface area contributed by atoms with Gasteiger partial charge in [-0.2, -0.15) is 5.10 Å². The van der Waals surface area contributed by atoms with Crippen LogP contribution in [0.4, 0.5) is 0 Å². The average Bonchev–Trinajstić information content (AvgIpc) is 2.46. The number of nitrogens with one attached hydrogen (secondary N) is 1. The normalized spacial score (nSPS) is 12.0. The zero-order valence-corrected chi connectivity index (χ0v) is 15.0. The van der Waals surface area contributed by atoms with Gasteiger partial charge in [0.25, 0.3) is 0 Å². The molecule has 124 valence electrons. The largest absolute Gasteiger partial charge is 0.247 e. The van der Waals surface area contributed by atoms with Crippen LogP contribution in [-0.4, -0.2) is 20.4 Å². The van der Waals surface area contributed by atoms with E-state index in [1.807, 2.05) is 0 Å². The SMILES string of the molecule is CCCCCCCCS(=O)(=O)N/N=C/c1c(Cl)cccc1Cl. The molecule has 1 N–H and O–H groups in total. The van der Waals surface area contributed by atoms with Gasteiger partial charge in [-0.3, -0.25) is 0 Å². The monoisotopic (exact) mass is 364 g/mol. The molecule has 1 aromatic carbocycles. The third-order valence-corrected chi connectivity index (χ3v) is 5.02. The molecule has 0 aliphatic rings. The van der Waals surface area contributed by atoms with E-state index in [2.05, 4.69) is 16.9 Å². The van der Waals surface area contributed by atoms with Crippen LogP contribution >= 0.6 is 23.2 Å². The molecule has 4 nitrogen and oxygen atoms in total. The molecule has 1 rings (SSSR count). The first-order chi connectivity index (χ1) is 10.5. The fourth-order valence-corrected chi connectivity index (χ4v) is 3.31. The Morgan fingerprint density at radius 2 is 1.68 bits per heavy atom. The predicted molar refractivity (Wildman–Crippen MR) is 94.4 cm³/mol. The van der Waals surface area contributed by atoms with Gasteiger partial charge in [-0.25, -0.2) is 13.2 Å². The van der Waals surface area contributed by atoms with Crippen LogP contribution in [0, 0.1) is 0 Å². The number of hydrogen-bond donors (Lipinski definition) is 1. The van der Waals surface area contributed by atoms with Gasteiger partial charge in [0.05, 0.1) is 22.0 Å².